The highest BCUT2D eigenvalue weighted by Gasteiger charge is 2.26. The smallest absolute Gasteiger partial charge is 0.269 e. The fraction of sp³-hybridized carbons (Fsp3) is 0.278. The second-order valence-corrected chi connectivity index (χ2v) is 8.32. The van der Waals surface area contributed by atoms with Gasteiger partial charge in [0.25, 0.3) is 11.6 Å². The third kappa shape index (κ3) is 4.50. The Morgan fingerprint density at radius 3 is 2.44 bits per heavy atom. The van der Waals surface area contributed by atoms with Gasteiger partial charge in [-0.1, -0.05) is 24.3 Å². The summed E-state index contributed by atoms with van der Waals surface area (Å²) in [5.41, 5.74) is 2.29. The van der Waals surface area contributed by atoms with Crippen molar-refractivity contribution < 1.29 is 18.1 Å². The third-order valence-corrected chi connectivity index (χ3v) is 6.29. The maximum Gasteiger partial charge on any atom is 0.269 e. The number of nitrogens with zero attached hydrogens (tertiary/aromatic N) is 2. The van der Waals surface area contributed by atoms with Crippen LogP contribution in [-0.4, -0.2) is 42.4 Å². The van der Waals surface area contributed by atoms with Gasteiger partial charge in [-0.05, 0) is 29.7 Å². The summed E-state index contributed by atoms with van der Waals surface area (Å²) in [6, 6.07) is 12.9. The molecule has 0 aliphatic carbocycles. The van der Waals surface area contributed by atoms with Crippen molar-refractivity contribution in [3.63, 3.8) is 0 Å². The Kier molecular flexibility index (Phi) is 5.52. The maximum absolute atomic E-state index is 12.5. The first-order chi connectivity index (χ1) is 12.9. The molecule has 2 aromatic rings. The molecule has 1 N–H and O–H groups in total. The molecule has 0 saturated carbocycles. The zero-order valence-electron chi connectivity index (χ0n) is 14.5. The molecule has 0 saturated heterocycles. The molecule has 0 atom stereocenters. The third-order valence-electron chi connectivity index (χ3n) is 4.47. The molecule has 1 amide bonds. The van der Waals surface area contributed by atoms with E-state index in [1.54, 1.807) is 0 Å². The second-order valence-electron chi connectivity index (χ2n) is 6.23. The Hall–Kier alpha value is -2.78. The minimum absolute atomic E-state index is 0.0314. The monoisotopic (exact) mass is 389 g/mol. The number of carbonyl (C=O) groups excluding carboxylic acids is 1. The van der Waals surface area contributed by atoms with Crippen LogP contribution in [0.1, 0.15) is 21.5 Å². The van der Waals surface area contributed by atoms with Crippen LogP contribution in [0.15, 0.2) is 48.5 Å². The molecule has 0 unspecified atom stereocenters. The Labute approximate surface area is 157 Å². The lowest BCUT2D eigenvalue weighted by Crippen LogP contribution is -2.40. The van der Waals surface area contributed by atoms with Gasteiger partial charge in [-0.25, -0.2) is 8.42 Å². The van der Waals surface area contributed by atoms with E-state index in [4.69, 9.17) is 0 Å². The average molecular weight is 389 g/mol. The maximum atomic E-state index is 12.5. The van der Waals surface area contributed by atoms with Crippen molar-refractivity contribution in [3.8, 4) is 0 Å². The number of amides is 1. The number of carbonyl (C=O) groups is 1. The summed E-state index contributed by atoms with van der Waals surface area (Å²) in [6.45, 7) is 0.737. The summed E-state index contributed by atoms with van der Waals surface area (Å²) in [4.78, 5) is 22.1. The summed E-state index contributed by atoms with van der Waals surface area (Å²) in [5, 5.41) is 13.2. The molecule has 142 valence electrons. The van der Waals surface area contributed by atoms with E-state index >= 15 is 0 Å². The van der Waals surface area contributed by atoms with Crippen molar-refractivity contribution in [1.29, 1.82) is 0 Å². The number of benzene rings is 2. The van der Waals surface area contributed by atoms with Crippen molar-refractivity contribution in [1.82, 2.24) is 9.62 Å². The number of nitro groups is 1. The molecular weight excluding hydrogens is 370 g/mol. The highest BCUT2D eigenvalue weighted by Crippen LogP contribution is 2.21. The predicted molar refractivity (Wildman–Crippen MR) is 99.8 cm³/mol. The van der Waals surface area contributed by atoms with Gasteiger partial charge >= 0.3 is 0 Å². The molecule has 27 heavy (non-hydrogen) atoms. The number of fused-ring (bicyclic) bond motifs is 1. The molecule has 3 rings (SSSR count). The normalized spacial score (nSPS) is 14.4. The van der Waals surface area contributed by atoms with Crippen LogP contribution in [0.25, 0.3) is 0 Å². The van der Waals surface area contributed by atoms with Crippen LogP contribution in [0.3, 0.4) is 0 Å². The Bertz CT molecular complexity index is 957. The standard InChI is InChI=1S/C18H19N3O5S/c22-18(15-5-7-17(8-6-15)21(23)24)19-10-12-27(25,26)20-11-9-14-3-1-2-4-16(14)13-20/h1-8H,9-13H2,(H,19,22). The molecule has 1 aliphatic heterocycles. The van der Waals surface area contributed by atoms with Gasteiger partial charge in [-0.3, -0.25) is 14.9 Å². The quantitative estimate of drug-likeness (QED) is 0.597. The number of hydrogen-bond acceptors (Lipinski definition) is 5. The number of hydrogen-bond donors (Lipinski definition) is 1. The Morgan fingerprint density at radius 1 is 1.11 bits per heavy atom. The summed E-state index contributed by atoms with van der Waals surface area (Å²) in [6.07, 6.45) is 0.671. The Balaban J connectivity index is 1.55. The summed E-state index contributed by atoms with van der Waals surface area (Å²) in [7, 11) is -3.49. The average Bonchev–Trinajstić information content (AvgIpc) is 2.67. The minimum Gasteiger partial charge on any atom is -0.351 e. The first kappa shape index (κ1) is 19.0. The SMILES string of the molecule is O=C(NCCS(=O)(=O)N1CCc2ccccc2C1)c1ccc([N+](=O)[O-])cc1. The summed E-state index contributed by atoms with van der Waals surface area (Å²) >= 11 is 0. The van der Waals surface area contributed by atoms with E-state index in [2.05, 4.69) is 5.32 Å². The van der Waals surface area contributed by atoms with Crippen molar-refractivity contribution >= 4 is 21.6 Å². The van der Waals surface area contributed by atoms with Gasteiger partial charge in [0.2, 0.25) is 10.0 Å². The van der Waals surface area contributed by atoms with Gasteiger partial charge in [-0.2, -0.15) is 4.31 Å². The predicted octanol–water partition coefficient (Wildman–Crippen LogP) is 1.71. The molecule has 0 fully saturated rings. The van der Waals surface area contributed by atoms with E-state index < -0.39 is 20.9 Å². The van der Waals surface area contributed by atoms with Crippen molar-refractivity contribution in [2.24, 2.45) is 0 Å². The fourth-order valence-electron chi connectivity index (χ4n) is 2.97. The number of sulfonamides is 1. The van der Waals surface area contributed by atoms with Crippen molar-refractivity contribution in [2.75, 3.05) is 18.8 Å². The first-order valence-corrected chi connectivity index (χ1v) is 10.0. The number of non-ortho nitro benzene ring substituents is 1. The minimum atomic E-state index is -3.49. The summed E-state index contributed by atoms with van der Waals surface area (Å²) < 4.78 is 26.5. The molecule has 0 aromatic heterocycles. The number of nitrogens with one attached hydrogen (secondary N) is 1. The van der Waals surface area contributed by atoms with Crippen molar-refractivity contribution in [3.05, 3.63) is 75.3 Å². The largest absolute Gasteiger partial charge is 0.351 e. The number of nitro benzene ring substituents is 1. The topological polar surface area (TPSA) is 110 Å². The molecule has 0 bridgehead atoms. The molecule has 9 heteroatoms. The first-order valence-electron chi connectivity index (χ1n) is 8.44. The highest BCUT2D eigenvalue weighted by atomic mass is 32.2. The van der Waals surface area contributed by atoms with E-state index in [9.17, 15) is 23.3 Å². The van der Waals surface area contributed by atoms with Crippen LogP contribution in [0.4, 0.5) is 5.69 Å². The molecular formula is C18H19N3O5S. The van der Waals surface area contributed by atoms with Crippen LogP contribution >= 0.6 is 0 Å². The second kappa shape index (κ2) is 7.85. The van der Waals surface area contributed by atoms with Gasteiger partial charge < -0.3 is 5.32 Å². The van der Waals surface area contributed by atoms with Gasteiger partial charge in [0.15, 0.2) is 0 Å². The molecule has 0 spiro atoms. The van der Waals surface area contributed by atoms with Gasteiger partial charge in [0.1, 0.15) is 0 Å². The van der Waals surface area contributed by atoms with Crippen LogP contribution in [0, 0.1) is 10.1 Å². The highest BCUT2D eigenvalue weighted by molar-refractivity contribution is 7.89. The lowest BCUT2D eigenvalue weighted by Gasteiger charge is -2.28. The van der Waals surface area contributed by atoms with Gasteiger partial charge in [0, 0.05) is 37.3 Å². The van der Waals surface area contributed by atoms with Crippen LogP contribution < -0.4 is 5.32 Å². The molecule has 1 aliphatic rings. The van der Waals surface area contributed by atoms with Gasteiger partial charge in [0.05, 0.1) is 10.7 Å². The molecule has 0 radical (unpaired) electrons. The zero-order chi connectivity index (χ0) is 19.4. The Morgan fingerprint density at radius 2 is 1.78 bits per heavy atom. The fourth-order valence-corrected chi connectivity index (χ4v) is 4.29. The van der Waals surface area contributed by atoms with E-state index in [1.807, 2.05) is 24.3 Å². The summed E-state index contributed by atoms with van der Waals surface area (Å²) in [5.74, 6) is -0.669. The molecule has 1 heterocycles. The van der Waals surface area contributed by atoms with Gasteiger partial charge in [-0.15, -0.1) is 0 Å². The van der Waals surface area contributed by atoms with Crippen LogP contribution in [0.2, 0.25) is 0 Å². The van der Waals surface area contributed by atoms with Crippen molar-refractivity contribution in [2.45, 2.75) is 13.0 Å². The van der Waals surface area contributed by atoms with E-state index in [1.165, 1.54) is 28.6 Å². The molecule has 2 aromatic carbocycles. The van der Waals surface area contributed by atoms with E-state index in [0.29, 0.717) is 19.5 Å². The van der Waals surface area contributed by atoms with E-state index in [0.717, 1.165) is 11.1 Å². The lowest BCUT2D eigenvalue weighted by molar-refractivity contribution is -0.384. The number of rotatable bonds is 6. The molecule has 8 nitrogen and oxygen atoms in total. The van der Waals surface area contributed by atoms with Crippen LogP contribution in [-0.2, 0) is 23.0 Å². The van der Waals surface area contributed by atoms with E-state index in [-0.39, 0.29) is 23.5 Å². The lowest BCUT2D eigenvalue weighted by atomic mass is 10.0. The zero-order valence-corrected chi connectivity index (χ0v) is 15.3. The van der Waals surface area contributed by atoms with Crippen LogP contribution in [0.5, 0.6) is 0 Å².